The van der Waals surface area contributed by atoms with E-state index < -0.39 is 96.3 Å². The number of aromatic nitrogens is 1. The lowest BCUT2D eigenvalue weighted by molar-refractivity contribution is -0.135. The van der Waals surface area contributed by atoms with E-state index in [0.29, 0.717) is 44.3 Å². The van der Waals surface area contributed by atoms with Crippen LogP contribution < -0.4 is 66.0 Å². The molecular weight excluding hydrogens is 1030 g/mol. The molecule has 422 valence electrons. The number of hydrogen-bond acceptors (Lipinski definition) is 15. The molecule has 7 amide bonds. The molecule has 4 rings (SSSR count). The maximum atomic E-state index is 14.3. The summed E-state index contributed by atoms with van der Waals surface area (Å²) < 4.78 is 14.7. The Morgan fingerprint density at radius 1 is 0.714 bits per heavy atom. The lowest BCUT2D eigenvalue weighted by Gasteiger charge is -2.31. The predicted octanol–water partition coefficient (Wildman–Crippen LogP) is -2.29. The van der Waals surface area contributed by atoms with Crippen LogP contribution in [0.25, 0.3) is 10.9 Å². The van der Waals surface area contributed by atoms with Crippen molar-refractivity contribution in [2.45, 2.75) is 120 Å². The van der Waals surface area contributed by atoms with Gasteiger partial charge in [-0.2, -0.15) is 25.3 Å². The van der Waals surface area contributed by atoms with E-state index in [1.807, 2.05) is 44.2 Å². The number of amides is 7. The number of hydrogen-bond donors (Lipinski definition) is 15. The molecule has 2 unspecified atom stereocenters. The normalized spacial score (nSPS) is 16.2. The molecule has 1 aliphatic heterocycles. The minimum Gasteiger partial charge on any atom is -0.370 e. The number of rotatable bonds is 31. The fraction of sp³-hybridized carbons (Fsp3) is 0.500. The van der Waals surface area contributed by atoms with Crippen molar-refractivity contribution < 1.29 is 45.9 Å². The van der Waals surface area contributed by atoms with Crippen LogP contribution in [0.1, 0.15) is 73.2 Å². The zero-order valence-corrected chi connectivity index (χ0v) is 45.2. The maximum absolute atomic E-state index is 14.3. The number of H-pyrrole nitrogens is 1. The first kappa shape index (κ1) is 60.6. The number of benzene rings is 2. The molecule has 2 aromatic carbocycles. The van der Waals surface area contributed by atoms with E-state index >= 15 is 0 Å². The second kappa shape index (κ2) is 33.7. The van der Waals surface area contributed by atoms with Gasteiger partial charge in [0.05, 0.1) is 12.1 Å². The fourth-order valence-corrected chi connectivity index (χ4v) is 8.42. The SMILES string of the molecule is [2H]C(=O)[C@@H]1CCCN1N[C@H](C(=O)NC(Cc1ccccc1)C(=O)N[C@@H](CCCN=C(N)N)C(=O)NC(Cc1c[nH]c2ccccc12)C(=O)N[C@@H](CS)C(N)=O)C(C)C.[2H]C(=O)[C@H](CS)NC(=O)[C@H](CCCN=C(N)N)NC(C)=O. The number of aliphatic imine (C=N–C) groups is 2. The van der Waals surface area contributed by atoms with E-state index in [4.69, 9.17) is 31.4 Å². The smallest absolute Gasteiger partial charge is 0.243 e. The topological polar surface area (TPSA) is 412 Å². The molecule has 1 fully saturated rings. The standard InChI is InChI=1S/C39H55N11O6S.C11H21N5O3S/c1-23(2)33(49-50-17-9-12-26(50)21-51)38(56)47-30(18-24-10-4-3-5-11-24)36(54)45-29(15-8-16-43-39(41)42)35(53)46-31(37(55)48-32(22-57)34(40)52)19-25-20-44-28-14-7-6-13-27(25)28;1-7(18)15-9(3-2-4-14-11(12)13)10(19)16-8(5-17)6-20/h3-7,10-11,13-14,20-21,23,26,29-33,44,49,57H,8-9,12,15-19,22H2,1-2H3,(H2,40,52)(H,45,54)(H,46,53)(H,47,56)(H,48,55)(H4,41,42,43);5,8-9,20H,2-4,6H2,1H3,(H,15,18)(H,16,19)(H4,12,13,14)/t26-,29-,30?,31?,32-,33-;8-,9+/m01/s1/i21D;5D. The van der Waals surface area contributed by atoms with Gasteiger partial charge >= 0.3 is 0 Å². The summed E-state index contributed by atoms with van der Waals surface area (Å²) in [5.74, 6) is -4.91. The first-order valence-electron chi connectivity index (χ1n) is 26.0. The number of thiol groups is 2. The molecule has 0 bridgehead atoms. The van der Waals surface area contributed by atoms with E-state index in [2.05, 4.69) is 77.6 Å². The van der Waals surface area contributed by atoms with Crippen LogP contribution in [-0.4, -0.2) is 155 Å². The molecule has 3 aromatic rings. The predicted molar refractivity (Wildman–Crippen MR) is 300 cm³/mol. The summed E-state index contributed by atoms with van der Waals surface area (Å²) in [6, 6.07) is 8.29. The molecular formula is C50H76N16O9S2. The van der Waals surface area contributed by atoms with E-state index in [1.54, 1.807) is 35.5 Å². The number of primary amides is 1. The molecule has 77 heavy (non-hydrogen) atoms. The van der Waals surface area contributed by atoms with Crippen LogP contribution in [-0.2, 0) is 56.0 Å². The van der Waals surface area contributed by atoms with Gasteiger partial charge in [0.2, 0.25) is 41.4 Å². The fourth-order valence-electron chi connectivity index (χ4n) is 7.98. The minimum atomic E-state index is -1.24. The van der Waals surface area contributed by atoms with Crippen molar-refractivity contribution in [3.05, 3.63) is 71.9 Å². The van der Waals surface area contributed by atoms with Gasteiger partial charge < -0.3 is 75.1 Å². The summed E-state index contributed by atoms with van der Waals surface area (Å²) >= 11 is 8.03. The highest BCUT2D eigenvalue weighted by atomic mass is 32.1. The van der Waals surface area contributed by atoms with E-state index in [-0.39, 0.29) is 67.5 Å². The largest absolute Gasteiger partial charge is 0.370 e. The van der Waals surface area contributed by atoms with Crippen LogP contribution in [0.4, 0.5) is 0 Å². The van der Waals surface area contributed by atoms with Crippen molar-refractivity contribution >= 4 is 102 Å². The van der Waals surface area contributed by atoms with Crippen LogP contribution in [0.15, 0.2) is 70.8 Å². The zero-order valence-electron chi connectivity index (χ0n) is 45.5. The number of nitrogens with one attached hydrogen (secondary N) is 8. The van der Waals surface area contributed by atoms with E-state index in [9.17, 15) is 43.2 Å². The molecule has 8 atom stereocenters. The van der Waals surface area contributed by atoms with Gasteiger partial charge in [0.15, 0.2) is 11.9 Å². The van der Waals surface area contributed by atoms with Crippen LogP contribution >= 0.6 is 25.3 Å². The number of carbonyl (C=O) groups is 9. The number of fused-ring (bicyclic) bond motifs is 1. The van der Waals surface area contributed by atoms with Gasteiger partial charge in [0.1, 0.15) is 51.5 Å². The first-order valence-corrected chi connectivity index (χ1v) is 26.3. The van der Waals surface area contributed by atoms with Gasteiger partial charge in [-0.05, 0) is 61.6 Å². The summed E-state index contributed by atoms with van der Waals surface area (Å²) in [6.07, 6.45) is 2.31. The number of hydrazine groups is 1. The summed E-state index contributed by atoms with van der Waals surface area (Å²) in [5.41, 5.74) is 32.3. The van der Waals surface area contributed by atoms with Crippen molar-refractivity contribution in [1.29, 1.82) is 0 Å². The number of para-hydroxylation sites is 1. The van der Waals surface area contributed by atoms with Crippen LogP contribution in [0.2, 0.25) is 0 Å². The molecule has 1 aromatic heterocycles. The molecule has 0 radical (unpaired) electrons. The van der Waals surface area contributed by atoms with Gasteiger partial charge in [-0.3, -0.25) is 43.5 Å². The Labute approximate surface area is 461 Å². The van der Waals surface area contributed by atoms with E-state index in [0.717, 1.165) is 16.5 Å². The number of carbonyl (C=O) groups excluding carboxylic acids is 9. The zero-order chi connectivity index (χ0) is 58.8. The quantitative estimate of drug-likeness (QED) is 0.0106. The third-order valence-electron chi connectivity index (χ3n) is 12.0. The summed E-state index contributed by atoms with van der Waals surface area (Å²) in [7, 11) is 0. The number of nitrogens with zero attached hydrogens (tertiary/aromatic N) is 3. The molecule has 18 N–H and O–H groups in total. The second-order valence-electron chi connectivity index (χ2n) is 18.4. The Morgan fingerprint density at radius 2 is 1.25 bits per heavy atom. The lowest BCUT2D eigenvalue weighted by Crippen LogP contribution is -2.61. The van der Waals surface area contributed by atoms with Crippen LogP contribution in [0.5, 0.6) is 0 Å². The van der Waals surface area contributed by atoms with Gasteiger partial charge in [-0.15, -0.1) is 0 Å². The van der Waals surface area contributed by atoms with Crippen molar-refractivity contribution in [2.75, 3.05) is 31.1 Å². The molecule has 25 nitrogen and oxygen atoms in total. The molecule has 1 aliphatic rings. The van der Waals surface area contributed by atoms with Gasteiger partial charge in [-0.1, -0.05) is 62.4 Å². The third-order valence-corrected chi connectivity index (χ3v) is 12.7. The van der Waals surface area contributed by atoms with Crippen molar-refractivity contribution in [1.82, 2.24) is 47.3 Å². The molecule has 1 saturated heterocycles. The Morgan fingerprint density at radius 3 is 1.79 bits per heavy atom. The number of guanidine groups is 2. The van der Waals surface area contributed by atoms with Crippen molar-refractivity contribution in [3.63, 3.8) is 0 Å². The Kier molecular flexibility index (Phi) is 26.6. The maximum Gasteiger partial charge on any atom is 0.243 e. The van der Waals surface area contributed by atoms with E-state index in [1.165, 1.54) is 6.92 Å². The lowest BCUT2D eigenvalue weighted by atomic mass is 10.0. The first-order chi connectivity index (χ1) is 37.4. The average Bonchev–Trinajstić information content (AvgIpc) is 4.06. The molecule has 0 saturated carbocycles. The average molecular weight is 1110 g/mol. The molecule has 0 spiro atoms. The highest BCUT2D eigenvalue weighted by molar-refractivity contribution is 7.80. The van der Waals surface area contributed by atoms with Crippen LogP contribution in [0, 0.1) is 5.92 Å². The van der Waals surface area contributed by atoms with Crippen molar-refractivity contribution in [2.24, 2.45) is 44.6 Å². The number of aromatic amines is 1. The molecule has 2 heterocycles. The van der Waals surface area contributed by atoms with Gasteiger partial charge in [-0.25, -0.2) is 10.4 Å². The molecule has 0 aliphatic carbocycles. The number of nitrogens with two attached hydrogens (primary N) is 5. The molecule has 27 heteroatoms. The highest BCUT2D eigenvalue weighted by Gasteiger charge is 2.35. The Balaban J connectivity index is 0.000000658. The summed E-state index contributed by atoms with van der Waals surface area (Å²) in [6.45, 7) is 5.83. The van der Waals surface area contributed by atoms with Crippen LogP contribution in [0.3, 0.4) is 0 Å². The van der Waals surface area contributed by atoms with Gasteiger partial charge in [0, 0.05) is 68.0 Å². The second-order valence-corrected chi connectivity index (χ2v) is 19.1. The minimum absolute atomic E-state index is 0.00821. The summed E-state index contributed by atoms with van der Waals surface area (Å²) in [5, 5.41) is 18.3. The highest BCUT2D eigenvalue weighted by Crippen LogP contribution is 2.20. The van der Waals surface area contributed by atoms with Crippen molar-refractivity contribution in [3.8, 4) is 0 Å². The number of aldehydes is 2. The Bertz CT molecular complexity index is 2610. The summed E-state index contributed by atoms with van der Waals surface area (Å²) in [4.78, 5) is 125. The third kappa shape index (κ3) is 22.5. The monoisotopic (exact) mass is 1110 g/mol. The Hall–Kier alpha value is -7.23. The van der Waals surface area contributed by atoms with Gasteiger partial charge in [0.25, 0.3) is 0 Å².